The van der Waals surface area contributed by atoms with Gasteiger partial charge in [0.2, 0.25) is 0 Å². The van der Waals surface area contributed by atoms with Crippen LogP contribution in [0.15, 0.2) is 25.3 Å². The molecular weight excluding hydrogens is 229 g/mol. The summed E-state index contributed by atoms with van der Waals surface area (Å²) in [6.07, 6.45) is 3.15. The first kappa shape index (κ1) is 10.3. The fourth-order valence-corrected chi connectivity index (χ4v) is 3.19. The molecule has 0 heterocycles. The van der Waals surface area contributed by atoms with Gasteiger partial charge in [0.1, 0.15) is 0 Å². The molecule has 0 aromatic heterocycles. The number of allylic oxidation sites excluding steroid dienone is 2. The zero-order valence-corrected chi connectivity index (χ0v) is 7.89. The van der Waals surface area contributed by atoms with Gasteiger partial charge in [-0.15, -0.1) is 0 Å². The van der Waals surface area contributed by atoms with Crippen LogP contribution in [0, 0.1) is 0 Å². The number of carbonyl (C=O) groups excluding carboxylic acids is 2. The molecule has 0 atom stereocenters. The molecule has 0 saturated carbocycles. The van der Waals surface area contributed by atoms with Crippen molar-refractivity contribution in [3.63, 3.8) is 0 Å². The minimum absolute atomic E-state index is 0.440. The SMILES string of the molecule is C=C[CH2][Ru](=[C]=O)(=[C]=O)[CH2]C=C. The van der Waals surface area contributed by atoms with Crippen molar-refractivity contribution in [3.8, 4) is 0 Å². The third-order valence-electron chi connectivity index (χ3n) is 0.973. The van der Waals surface area contributed by atoms with Crippen LogP contribution in [0.2, 0.25) is 10.0 Å². The van der Waals surface area contributed by atoms with Crippen LogP contribution in [-0.2, 0) is 23.5 Å². The van der Waals surface area contributed by atoms with Gasteiger partial charge in [-0.05, 0) is 0 Å². The van der Waals surface area contributed by atoms with Crippen LogP contribution in [0.25, 0.3) is 0 Å². The Kier molecular flexibility index (Phi) is 4.65. The molecule has 0 aliphatic rings. The molecule has 11 heavy (non-hydrogen) atoms. The Labute approximate surface area is 68.1 Å². The van der Waals surface area contributed by atoms with Crippen molar-refractivity contribution in [2.75, 3.05) is 0 Å². The Balaban J connectivity index is 5.13. The van der Waals surface area contributed by atoms with Gasteiger partial charge in [-0.25, -0.2) is 0 Å². The molecule has 0 bridgehead atoms. The summed E-state index contributed by atoms with van der Waals surface area (Å²) in [4.78, 5) is 20.9. The van der Waals surface area contributed by atoms with Crippen LogP contribution in [0.4, 0.5) is 0 Å². The standard InChI is InChI=1S/2C3H5.2CO.Ru/c2*1-3-2;2*1-2;/h2*3H,1-2H2;;;. The number of hydrogen-bond acceptors (Lipinski definition) is 2. The van der Waals surface area contributed by atoms with E-state index in [1.807, 2.05) is 8.95 Å². The molecule has 0 fully saturated rings. The van der Waals surface area contributed by atoms with E-state index in [9.17, 15) is 9.59 Å². The molecule has 0 aromatic carbocycles. The molecule has 0 aromatic rings. The summed E-state index contributed by atoms with van der Waals surface area (Å²) in [7, 11) is 0. The van der Waals surface area contributed by atoms with Gasteiger partial charge in [0.05, 0.1) is 0 Å². The van der Waals surface area contributed by atoms with Crippen molar-refractivity contribution in [2.45, 2.75) is 10.0 Å². The van der Waals surface area contributed by atoms with Crippen molar-refractivity contribution < 1.29 is 23.5 Å². The van der Waals surface area contributed by atoms with Crippen LogP contribution < -0.4 is 0 Å². The summed E-state index contributed by atoms with van der Waals surface area (Å²) in [5.74, 6) is 0. The average Bonchev–Trinajstić information content (AvgIpc) is 2.04. The van der Waals surface area contributed by atoms with E-state index in [0.717, 1.165) is 0 Å². The van der Waals surface area contributed by atoms with Crippen molar-refractivity contribution >= 4 is 8.95 Å². The second-order valence-electron chi connectivity index (χ2n) is 1.78. The van der Waals surface area contributed by atoms with E-state index in [4.69, 9.17) is 0 Å². The topological polar surface area (TPSA) is 34.1 Å². The van der Waals surface area contributed by atoms with Crippen molar-refractivity contribution in [1.82, 2.24) is 0 Å². The molecule has 0 amide bonds. The molecule has 0 spiro atoms. The number of rotatable bonds is 4. The Morgan fingerprint density at radius 1 is 1.09 bits per heavy atom. The third-order valence-corrected chi connectivity index (χ3v) is 5.76. The van der Waals surface area contributed by atoms with Gasteiger partial charge >= 0.3 is 67.8 Å². The molecule has 62 valence electrons. The van der Waals surface area contributed by atoms with Crippen molar-refractivity contribution in [2.24, 2.45) is 0 Å². The van der Waals surface area contributed by atoms with Crippen LogP contribution >= 0.6 is 0 Å². The van der Waals surface area contributed by atoms with Crippen LogP contribution in [0.5, 0.6) is 0 Å². The van der Waals surface area contributed by atoms with Crippen LogP contribution in [0.3, 0.4) is 0 Å². The van der Waals surface area contributed by atoms with Gasteiger partial charge in [0.25, 0.3) is 0 Å². The molecule has 0 aliphatic heterocycles. The first-order chi connectivity index (χ1) is 5.24. The van der Waals surface area contributed by atoms with Gasteiger partial charge in [0.15, 0.2) is 0 Å². The van der Waals surface area contributed by atoms with Gasteiger partial charge in [0, 0.05) is 0 Å². The normalized spacial score (nSPS) is 10.9. The molecule has 0 rings (SSSR count). The molecule has 0 unspecified atom stereocenters. The molecular formula is C8H10O2Ru. The maximum absolute atomic E-state index is 10.4. The average molecular weight is 239 g/mol. The number of hydrogen-bond donors (Lipinski definition) is 0. The third kappa shape index (κ3) is 2.78. The van der Waals surface area contributed by atoms with Gasteiger partial charge in [-0.2, -0.15) is 0 Å². The van der Waals surface area contributed by atoms with Gasteiger partial charge < -0.3 is 0 Å². The first-order valence-corrected chi connectivity index (χ1v) is 7.09. The van der Waals surface area contributed by atoms with Crippen LogP contribution in [-0.4, -0.2) is 8.95 Å². The van der Waals surface area contributed by atoms with Gasteiger partial charge in [-0.3, -0.25) is 0 Å². The van der Waals surface area contributed by atoms with E-state index in [2.05, 4.69) is 13.2 Å². The second-order valence-corrected chi connectivity index (χ2v) is 7.67. The van der Waals surface area contributed by atoms with E-state index >= 15 is 0 Å². The summed E-state index contributed by atoms with van der Waals surface area (Å²) >= 11 is -2.91. The first-order valence-electron chi connectivity index (χ1n) is 2.89. The second kappa shape index (κ2) is 4.99. The molecule has 2 nitrogen and oxygen atoms in total. The minimum atomic E-state index is -2.91. The predicted octanol–water partition coefficient (Wildman–Crippen LogP) is 1.48. The van der Waals surface area contributed by atoms with E-state index in [1.165, 1.54) is 0 Å². The molecule has 0 aliphatic carbocycles. The quantitative estimate of drug-likeness (QED) is 0.550. The molecule has 0 saturated heterocycles. The zero-order chi connectivity index (χ0) is 8.74. The summed E-state index contributed by atoms with van der Waals surface area (Å²) in [6.45, 7) is 6.95. The van der Waals surface area contributed by atoms with E-state index in [-0.39, 0.29) is 0 Å². The van der Waals surface area contributed by atoms with E-state index < -0.39 is 13.9 Å². The van der Waals surface area contributed by atoms with Crippen molar-refractivity contribution in [1.29, 1.82) is 0 Å². The Morgan fingerprint density at radius 2 is 1.45 bits per heavy atom. The summed E-state index contributed by atoms with van der Waals surface area (Å²) in [5, 5.41) is 0.880. The Hall–Kier alpha value is -0.737. The monoisotopic (exact) mass is 240 g/mol. The van der Waals surface area contributed by atoms with Gasteiger partial charge in [-0.1, -0.05) is 0 Å². The van der Waals surface area contributed by atoms with E-state index in [0.29, 0.717) is 10.0 Å². The van der Waals surface area contributed by atoms with Crippen LogP contribution in [0.1, 0.15) is 0 Å². The maximum atomic E-state index is 10.4. The molecule has 0 radical (unpaired) electrons. The molecule has 0 N–H and O–H groups in total. The molecule has 3 heteroatoms. The summed E-state index contributed by atoms with van der Waals surface area (Å²) in [6, 6.07) is 0. The Bertz CT molecular complexity index is 273. The van der Waals surface area contributed by atoms with E-state index in [1.54, 1.807) is 12.2 Å². The zero-order valence-electron chi connectivity index (χ0n) is 6.15. The van der Waals surface area contributed by atoms with Crippen molar-refractivity contribution in [3.05, 3.63) is 25.3 Å². The Morgan fingerprint density at radius 3 is 1.64 bits per heavy atom. The fraction of sp³-hybridized carbons (Fsp3) is 0.250. The predicted molar refractivity (Wildman–Crippen MR) is 41.4 cm³/mol. The summed E-state index contributed by atoms with van der Waals surface area (Å²) < 4.78 is 3.64. The summed E-state index contributed by atoms with van der Waals surface area (Å²) in [5.41, 5.74) is 0. The fourth-order valence-electron chi connectivity index (χ4n) is 0.540.